The molecule has 0 aliphatic heterocycles. The molecule has 4 aromatic rings. The van der Waals surface area contributed by atoms with E-state index in [1.807, 2.05) is 79.7 Å². The van der Waals surface area contributed by atoms with Crippen LogP contribution in [0.3, 0.4) is 0 Å². The number of nitrogens with zero attached hydrogens (tertiary/aromatic N) is 3. The topological polar surface area (TPSA) is 67.8 Å². The maximum Gasteiger partial charge on any atom is 0.234 e. The molecule has 0 saturated heterocycles. The summed E-state index contributed by atoms with van der Waals surface area (Å²) in [6.07, 6.45) is 0. The van der Waals surface area contributed by atoms with Gasteiger partial charge in [0.05, 0.1) is 5.75 Å². The molecule has 1 amide bonds. The second-order valence-corrected chi connectivity index (χ2v) is 9.78. The van der Waals surface area contributed by atoms with E-state index in [1.54, 1.807) is 0 Å². The number of aromatic nitrogens is 3. The van der Waals surface area contributed by atoms with E-state index < -0.39 is 0 Å². The van der Waals surface area contributed by atoms with Crippen LogP contribution in [0, 0.1) is 6.92 Å². The number of thioether (sulfide) groups is 1. The number of carbonyl (C=O) groups excluding carboxylic acids is 1. The van der Waals surface area contributed by atoms with Gasteiger partial charge in [-0.15, -0.1) is 10.2 Å². The molecule has 1 aromatic heterocycles. The molecule has 0 saturated carbocycles. The number of benzene rings is 3. The lowest BCUT2D eigenvalue weighted by Crippen LogP contribution is -2.14. The molecule has 1 heterocycles. The van der Waals surface area contributed by atoms with Crippen LogP contribution in [0.5, 0.6) is 0 Å². The first-order valence-electron chi connectivity index (χ1n) is 9.74. The van der Waals surface area contributed by atoms with Crippen LogP contribution in [-0.4, -0.2) is 26.8 Å². The highest BCUT2D eigenvalue weighted by Gasteiger charge is 2.15. The van der Waals surface area contributed by atoms with Gasteiger partial charge in [-0.2, -0.15) is 0 Å². The molecule has 0 atom stereocenters. The molecular weight excluding hydrogens is 552 g/mol. The zero-order valence-electron chi connectivity index (χ0n) is 17.0. The minimum absolute atomic E-state index is 0.121. The van der Waals surface area contributed by atoms with Crippen LogP contribution in [0.2, 0.25) is 0 Å². The van der Waals surface area contributed by atoms with Crippen LogP contribution < -0.4 is 5.32 Å². The highest BCUT2D eigenvalue weighted by Crippen LogP contribution is 2.31. The number of hydrogen-bond donors (Lipinski definition) is 1. The Bertz CT molecular complexity index is 1230. The third-order valence-electron chi connectivity index (χ3n) is 4.57. The zero-order chi connectivity index (χ0) is 22.5. The Morgan fingerprint density at radius 2 is 1.38 bits per heavy atom. The van der Waals surface area contributed by atoms with Crippen LogP contribution in [0.4, 0.5) is 5.69 Å². The van der Waals surface area contributed by atoms with Crippen molar-refractivity contribution in [3.8, 4) is 22.5 Å². The number of amides is 1. The molecule has 8 heteroatoms. The van der Waals surface area contributed by atoms with E-state index >= 15 is 0 Å². The lowest BCUT2D eigenvalue weighted by Gasteiger charge is -2.10. The van der Waals surface area contributed by atoms with Crippen LogP contribution in [0.25, 0.3) is 22.5 Å². The Kier molecular flexibility index (Phi) is 7.34. The lowest BCUT2D eigenvalue weighted by molar-refractivity contribution is -0.113. The molecule has 0 aliphatic rings. The van der Waals surface area contributed by atoms with Gasteiger partial charge in [0.1, 0.15) is 11.4 Å². The van der Waals surface area contributed by atoms with Gasteiger partial charge in [-0.05, 0) is 43.3 Å². The Balaban J connectivity index is 1.57. The molecule has 0 bridgehead atoms. The van der Waals surface area contributed by atoms with E-state index in [1.165, 1.54) is 11.8 Å². The summed E-state index contributed by atoms with van der Waals surface area (Å²) in [7, 11) is 0. The van der Waals surface area contributed by atoms with Crippen molar-refractivity contribution in [2.24, 2.45) is 0 Å². The predicted molar refractivity (Wildman–Crippen MR) is 137 cm³/mol. The molecule has 0 fully saturated rings. The molecule has 0 aliphatic carbocycles. The average Bonchev–Trinajstić information content (AvgIpc) is 2.80. The van der Waals surface area contributed by atoms with Crippen molar-refractivity contribution in [3.63, 3.8) is 0 Å². The highest BCUT2D eigenvalue weighted by atomic mass is 79.9. The summed E-state index contributed by atoms with van der Waals surface area (Å²) in [4.78, 5) is 17.1. The number of aryl methyl sites for hydroxylation is 1. The van der Waals surface area contributed by atoms with Crippen LogP contribution >= 0.6 is 43.6 Å². The van der Waals surface area contributed by atoms with Gasteiger partial charge in [0.2, 0.25) is 11.1 Å². The van der Waals surface area contributed by atoms with Crippen molar-refractivity contribution in [1.82, 2.24) is 15.2 Å². The van der Waals surface area contributed by atoms with Gasteiger partial charge in [0.25, 0.3) is 0 Å². The summed E-state index contributed by atoms with van der Waals surface area (Å²) in [5.41, 5.74) is 5.15. The van der Waals surface area contributed by atoms with Crippen LogP contribution in [0.1, 0.15) is 5.56 Å². The molecule has 3 aromatic carbocycles. The fourth-order valence-corrected chi connectivity index (χ4v) is 4.06. The first kappa shape index (κ1) is 22.6. The monoisotopic (exact) mass is 568 g/mol. The van der Waals surface area contributed by atoms with Gasteiger partial charge in [-0.3, -0.25) is 4.79 Å². The minimum Gasteiger partial charge on any atom is -0.325 e. The maximum absolute atomic E-state index is 12.4. The SMILES string of the molecule is Cc1ccc(NC(=O)CSc2nnc(-c3ccc(Br)cc3)c(-c3ccc(Br)cc3)n2)cc1. The first-order valence-corrected chi connectivity index (χ1v) is 12.3. The molecule has 32 heavy (non-hydrogen) atoms. The normalized spacial score (nSPS) is 10.7. The van der Waals surface area contributed by atoms with Crippen molar-refractivity contribution >= 4 is 55.2 Å². The third kappa shape index (κ3) is 5.82. The second-order valence-electron chi connectivity index (χ2n) is 7.01. The smallest absolute Gasteiger partial charge is 0.234 e. The van der Waals surface area contributed by atoms with Crippen LogP contribution in [-0.2, 0) is 4.79 Å². The summed E-state index contributed by atoms with van der Waals surface area (Å²) < 4.78 is 1.97. The molecule has 0 radical (unpaired) electrons. The number of rotatable bonds is 6. The van der Waals surface area contributed by atoms with E-state index in [9.17, 15) is 4.79 Å². The first-order chi connectivity index (χ1) is 15.5. The summed E-state index contributed by atoms with van der Waals surface area (Å²) in [5.74, 6) is 0.0668. The number of nitrogens with one attached hydrogen (secondary N) is 1. The molecule has 5 nitrogen and oxygen atoms in total. The zero-order valence-corrected chi connectivity index (χ0v) is 21.0. The number of anilines is 1. The summed E-state index contributed by atoms with van der Waals surface area (Å²) >= 11 is 8.19. The predicted octanol–water partition coefficient (Wildman–Crippen LogP) is 6.77. The summed E-state index contributed by atoms with van der Waals surface area (Å²) in [5, 5.41) is 12.1. The Morgan fingerprint density at radius 3 is 1.97 bits per heavy atom. The minimum atomic E-state index is -0.121. The molecular formula is C24H18Br2N4OS. The largest absolute Gasteiger partial charge is 0.325 e. The van der Waals surface area contributed by atoms with Crippen molar-refractivity contribution < 1.29 is 4.79 Å². The average molecular weight is 570 g/mol. The fourth-order valence-electron chi connectivity index (χ4n) is 2.95. The molecule has 0 spiro atoms. The van der Waals surface area contributed by atoms with E-state index in [2.05, 4.69) is 47.4 Å². The van der Waals surface area contributed by atoms with Gasteiger partial charge in [0, 0.05) is 25.8 Å². The van der Waals surface area contributed by atoms with E-state index in [0.717, 1.165) is 37.0 Å². The van der Waals surface area contributed by atoms with Crippen molar-refractivity contribution in [3.05, 3.63) is 87.3 Å². The van der Waals surface area contributed by atoms with Crippen molar-refractivity contribution in [1.29, 1.82) is 0 Å². The lowest BCUT2D eigenvalue weighted by atomic mass is 10.0. The van der Waals surface area contributed by atoms with Gasteiger partial charge in [-0.25, -0.2) is 4.98 Å². The van der Waals surface area contributed by atoms with Crippen LogP contribution in [0.15, 0.2) is 86.9 Å². The van der Waals surface area contributed by atoms with Crippen molar-refractivity contribution in [2.75, 3.05) is 11.1 Å². The molecule has 160 valence electrons. The second kappa shape index (κ2) is 10.4. The summed E-state index contributed by atoms with van der Waals surface area (Å²) in [6.45, 7) is 2.01. The number of halogens is 2. The Hall–Kier alpha value is -2.55. The number of hydrogen-bond acceptors (Lipinski definition) is 5. The standard InChI is InChI=1S/C24H18Br2N4OS/c1-15-2-12-20(13-3-15)27-21(31)14-32-24-28-22(16-4-8-18(25)9-5-16)23(29-30-24)17-6-10-19(26)11-7-17/h2-13H,14H2,1H3,(H,27,31). The van der Waals surface area contributed by atoms with E-state index in [0.29, 0.717) is 10.9 Å². The fraction of sp³-hybridized carbons (Fsp3) is 0.0833. The highest BCUT2D eigenvalue weighted by molar-refractivity contribution is 9.10. The molecule has 0 unspecified atom stereocenters. The van der Waals surface area contributed by atoms with Gasteiger partial charge in [-0.1, -0.05) is 85.6 Å². The number of carbonyl (C=O) groups is 1. The van der Waals surface area contributed by atoms with Gasteiger partial charge >= 0.3 is 0 Å². The van der Waals surface area contributed by atoms with Gasteiger partial charge in [0.15, 0.2) is 0 Å². The Labute approximate surface area is 207 Å². The van der Waals surface area contributed by atoms with Crippen molar-refractivity contribution in [2.45, 2.75) is 12.1 Å². The van der Waals surface area contributed by atoms with E-state index in [-0.39, 0.29) is 11.7 Å². The Morgan fingerprint density at radius 1 is 0.812 bits per heavy atom. The maximum atomic E-state index is 12.4. The molecule has 1 N–H and O–H groups in total. The van der Waals surface area contributed by atoms with Gasteiger partial charge < -0.3 is 5.32 Å². The summed E-state index contributed by atoms with van der Waals surface area (Å²) in [6, 6.07) is 23.4. The van der Waals surface area contributed by atoms with E-state index in [4.69, 9.17) is 4.98 Å². The quantitative estimate of drug-likeness (QED) is 0.259. The molecule has 4 rings (SSSR count). The third-order valence-corrected chi connectivity index (χ3v) is 6.47.